The van der Waals surface area contributed by atoms with Gasteiger partial charge in [-0.2, -0.15) is 0 Å². The lowest BCUT2D eigenvalue weighted by Crippen LogP contribution is -2.05. The molecule has 0 aliphatic rings. The van der Waals surface area contributed by atoms with Crippen molar-refractivity contribution in [1.82, 2.24) is 9.97 Å². The molecule has 0 saturated heterocycles. The monoisotopic (exact) mass is 264 g/mol. The van der Waals surface area contributed by atoms with Gasteiger partial charge >= 0.3 is 0 Å². The number of nitrogen functional groups attached to an aromatic ring is 1. The SMILES string of the molecule is Nc1cccc2c(NCCc3ccncc3)ccnc12. The van der Waals surface area contributed by atoms with E-state index in [1.165, 1.54) is 5.56 Å². The number of para-hydroxylation sites is 1. The zero-order chi connectivity index (χ0) is 13.8. The molecule has 0 spiro atoms. The standard InChI is InChI=1S/C16H16N4/c17-14-3-1-2-13-15(7-11-20-16(13)14)19-10-6-12-4-8-18-9-5-12/h1-5,7-9,11H,6,10,17H2,(H,19,20). The summed E-state index contributed by atoms with van der Waals surface area (Å²) < 4.78 is 0. The topological polar surface area (TPSA) is 63.8 Å². The molecule has 20 heavy (non-hydrogen) atoms. The Morgan fingerprint density at radius 1 is 1.00 bits per heavy atom. The van der Waals surface area contributed by atoms with Crippen LogP contribution in [0.5, 0.6) is 0 Å². The molecule has 2 aromatic heterocycles. The Kier molecular flexibility index (Phi) is 3.46. The zero-order valence-corrected chi connectivity index (χ0v) is 11.1. The summed E-state index contributed by atoms with van der Waals surface area (Å²) >= 11 is 0. The van der Waals surface area contributed by atoms with Crippen LogP contribution in [0, 0.1) is 0 Å². The predicted octanol–water partition coefficient (Wildman–Crippen LogP) is 2.87. The Morgan fingerprint density at radius 2 is 1.85 bits per heavy atom. The lowest BCUT2D eigenvalue weighted by molar-refractivity contribution is 1.01. The number of fused-ring (bicyclic) bond motifs is 1. The Labute approximate surface area is 117 Å². The smallest absolute Gasteiger partial charge is 0.0951 e. The maximum atomic E-state index is 5.95. The molecule has 0 amide bonds. The van der Waals surface area contributed by atoms with E-state index >= 15 is 0 Å². The number of hydrogen-bond acceptors (Lipinski definition) is 4. The lowest BCUT2D eigenvalue weighted by atomic mass is 10.1. The van der Waals surface area contributed by atoms with Crippen molar-refractivity contribution in [2.24, 2.45) is 0 Å². The fraction of sp³-hybridized carbons (Fsp3) is 0.125. The third-order valence-corrected chi connectivity index (χ3v) is 3.28. The van der Waals surface area contributed by atoms with E-state index in [9.17, 15) is 0 Å². The van der Waals surface area contributed by atoms with E-state index in [4.69, 9.17) is 5.73 Å². The molecule has 3 N–H and O–H groups in total. The molecule has 0 fully saturated rings. The molecule has 3 aromatic rings. The van der Waals surface area contributed by atoms with Gasteiger partial charge in [-0.05, 0) is 36.2 Å². The van der Waals surface area contributed by atoms with E-state index in [1.54, 1.807) is 6.20 Å². The average molecular weight is 264 g/mol. The van der Waals surface area contributed by atoms with Crippen molar-refractivity contribution in [1.29, 1.82) is 0 Å². The van der Waals surface area contributed by atoms with Crippen LogP contribution >= 0.6 is 0 Å². The van der Waals surface area contributed by atoms with E-state index in [1.807, 2.05) is 48.8 Å². The van der Waals surface area contributed by atoms with Gasteiger partial charge in [0, 0.05) is 36.2 Å². The molecular formula is C16H16N4. The Morgan fingerprint density at radius 3 is 2.70 bits per heavy atom. The van der Waals surface area contributed by atoms with E-state index < -0.39 is 0 Å². The van der Waals surface area contributed by atoms with Crippen LogP contribution in [0.1, 0.15) is 5.56 Å². The van der Waals surface area contributed by atoms with Crippen molar-refractivity contribution in [2.75, 3.05) is 17.6 Å². The van der Waals surface area contributed by atoms with Crippen LogP contribution in [-0.4, -0.2) is 16.5 Å². The molecule has 4 nitrogen and oxygen atoms in total. The first-order valence-electron chi connectivity index (χ1n) is 6.60. The minimum absolute atomic E-state index is 0.709. The van der Waals surface area contributed by atoms with Crippen LogP contribution in [0.25, 0.3) is 10.9 Å². The van der Waals surface area contributed by atoms with E-state index in [2.05, 4.69) is 15.3 Å². The molecule has 2 heterocycles. The number of anilines is 2. The van der Waals surface area contributed by atoms with Gasteiger partial charge in [0.15, 0.2) is 0 Å². The molecule has 0 aliphatic carbocycles. The number of hydrogen-bond donors (Lipinski definition) is 2. The number of aromatic nitrogens is 2. The number of nitrogens with one attached hydrogen (secondary N) is 1. The highest BCUT2D eigenvalue weighted by atomic mass is 14.9. The summed E-state index contributed by atoms with van der Waals surface area (Å²) in [4.78, 5) is 8.35. The third kappa shape index (κ3) is 2.54. The van der Waals surface area contributed by atoms with Gasteiger partial charge in [-0.1, -0.05) is 12.1 Å². The summed E-state index contributed by atoms with van der Waals surface area (Å²) in [6.07, 6.45) is 6.37. The van der Waals surface area contributed by atoms with Gasteiger partial charge in [0.2, 0.25) is 0 Å². The van der Waals surface area contributed by atoms with Crippen molar-refractivity contribution in [3.8, 4) is 0 Å². The highest BCUT2D eigenvalue weighted by Crippen LogP contribution is 2.25. The summed E-state index contributed by atoms with van der Waals surface area (Å²) in [7, 11) is 0. The Bertz CT molecular complexity index is 710. The summed E-state index contributed by atoms with van der Waals surface area (Å²) in [6.45, 7) is 0.859. The van der Waals surface area contributed by atoms with Gasteiger partial charge in [0.1, 0.15) is 0 Å². The van der Waals surface area contributed by atoms with Crippen molar-refractivity contribution < 1.29 is 0 Å². The zero-order valence-electron chi connectivity index (χ0n) is 11.1. The fourth-order valence-electron chi connectivity index (χ4n) is 2.24. The maximum absolute atomic E-state index is 5.95. The molecule has 100 valence electrons. The van der Waals surface area contributed by atoms with Gasteiger partial charge in [-0.3, -0.25) is 9.97 Å². The predicted molar refractivity (Wildman–Crippen MR) is 82.6 cm³/mol. The second-order valence-corrected chi connectivity index (χ2v) is 4.63. The minimum atomic E-state index is 0.709. The van der Waals surface area contributed by atoms with Crippen LogP contribution < -0.4 is 11.1 Å². The summed E-state index contributed by atoms with van der Waals surface area (Å²) in [5.74, 6) is 0. The third-order valence-electron chi connectivity index (χ3n) is 3.28. The maximum Gasteiger partial charge on any atom is 0.0951 e. The summed E-state index contributed by atoms with van der Waals surface area (Å²) in [6, 6.07) is 11.9. The molecule has 0 aliphatic heterocycles. The number of rotatable bonds is 4. The second-order valence-electron chi connectivity index (χ2n) is 4.63. The first-order chi connectivity index (χ1) is 9.84. The highest BCUT2D eigenvalue weighted by Gasteiger charge is 2.03. The second kappa shape index (κ2) is 5.57. The molecule has 0 saturated carbocycles. The number of nitrogens with two attached hydrogens (primary N) is 1. The Balaban J connectivity index is 1.76. The number of pyridine rings is 2. The molecule has 1 aromatic carbocycles. The molecule has 4 heteroatoms. The largest absolute Gasteiger partial charge is 0.397 e. The lowest BCUT2D eigenvalue weighted by Gasteiger charge is -2.10. The molecular weight excluding hydrogens is 248 g/mol. The molecule has 0 unspecified atom stereocenters. The quantitative estimate of drug-likeness (QED) is 0.711. The van der Waals surface area contributed by atoms with E-state index in [-0.39, 0.29) is 0 Å². The molecule has 0 atom stereocenters. The van der Waals surface area contributed by atoms with E-state index in [0.717, 1.165) is 29.6 Å². The Hall–Kier alpha value is -2.62. The molecule has 0 radical (unpaired) electrons. The first kappa shape index (κ1) is 12.4. The fourth-order valence-corrected chi connectivity index (χ4v) is 2.24. The van der Waals surface area contributed by atoms with Gasteiger partial charge in [0.25, 0.3) is 0 Å². The average Bonchev–Trinajstić information content (AvgIpc) is 2.49. The van der Waals surface area contributed by atoms with Crippen molar-refractivity contribution >= 4 is 22.3 Å². The van der Waals surface area contributed by atoms with E-state index in [0.29, 0.717) is 5.69 Å². The van der Waals surface area contributed by atoms with Gasteiger partial charge in [-0.15, -0.1) is 0 Å². The van der Waals surface area contributed by atoms with Gasteiger partial charge < -0.3 is 11.1 Å². The van der Waals surface area contributed by atoms with Crippen LogP contribution in [0.4, 0.5) is 11.4 Å². The summed E-state index contributed by atoms with van der Waals surface area (Å²) in [5.41, 5.74) is 9.84. The minimum Gasteiger partial charge on any atom is -0.397 e. The van der Waals surface area contributed by atoms with Crippen LogP contribution in [-0.2, 0) is 6.42 Å². The highest BCUT2D eigenvalue weighted by molar-refractivity contribution is 5.97. The van der Waals surface area contributed by atoms with Crippen LogP contribution in [0.3, 0.4) is 0 Å². The van der Waals surface area contributed by atoms with Crippen molar-refractivity contribution in [3.63, 3.8) is 0 Å². The normalized spacial score (nSPS) is 10.6. The van der Waals surface area contributed by atoms with Crippen LogP contribution in [0.2, 0.25) is 0 Å². The molecule has 3 rings (SSSR count). The van der Waals surface area contributed by atoms with Crippen molar-refractivity contribution in [2.45, 2.75) is 6.42 Å². The van der Waals surface area contributed by atoms with Gasteiger partial charge in [0.05, 0.1) is 11.2 Å². The first-order valence-corrected chi connectivity index (χ1v) is 6.60. The number of benzene rings is 1. The summed E-state index contributed by atoms with van der Waals surface area (Å²) in [5, 5.41) is 4.51. The van der Waals surface area contributed by atoms with Gasteiger partial charge in [-0.25, -0.2) is 0 Å². The van der Waals surface area contributed by atoms with Crippen LogP contribution in [0.15, 0.2) is 55.0 Å². The molecule has 0 bridgehead atoms. The van der Waals surface area contributed by atoms with Crippen molar-refractivity contribution in [3.05, 3.63) is 60.6 Å². The number of nitrogens with zero attached hydrogens (tertiary/aromatic N) is 2.